The molecule has 300 valence electrons. The first-order valence-electron chi connectivity index (χ1n) is 18.2. The number of amides is 2. The molecule has 2 unspecified atom stereocenters. The molecule has 1 aliphatic heterocycles. The van der Waals surface area contributed by atoms with Crippen molar-refractivity contribution in [2.45, 2.75) is 51.5 Å². The van der Waals surface area contributed by atoms with E-state index >= 15 is 4.39 Å². The van der Waals surface area contributed by atoms with Crippen LogP contribution in [0.2, 0.25) is 0 Å². The smallest absolute Gasteiger partial charge is 0.410 e. The van der Waals surface area contributed by atoms with Crippen molar-refractivity contribution in [2.75, 3.05) is 25.5 Å². The van der Waals surface area contributed by atoms with Crippen molar-refractivity contribution in [3.8, 4) is 28.8 Å². The molecule has 4 heterocycles. The molecule has 3 aromatic heterocycles. The first kappa shape index (κ1) is 39.4. The Morgan fingerprint density at radius 3 is 2.41 bits per heavy atom. The van der Waals surface area contributed by atoms with Crippen molar-refractivity contribution in [1.29, 1.82) is 0 Å². The van der Waals surface area contributed by atoms with E-state index in [-0.39, 0.29) is 60.4 Å². The number of aliphatic hydroxyl groups is 1. The van der Waals surface area contributed by atoms with Gasteiger partial charge in [0.05, 0.1) is 25.9 Å². The van der Waals surface area contributed by atoms with E-state index in [0.29, 0.717) is 16.8 Å². The summed E-state index contributed by atoms with van der Waals surface area (Å²) in [5.41, 5.74) is -0.265. The molecule has 0 spiro atoms. The molecule has 6 aromatic rings. The van der Waals surface area contributed by atoms with Crippen LogP contribution in [-0.4, -0.2) is 84.6 Å². The predicted octanol–water partition coefficient (Wildman–Crippen LogP) is 6.11. The van der Waals surface area contributed by atoms with E-state index in [1.54, 1.807) is 32.6 Å². The average Bonchev–Trinajstić information content (AvgIpc) is 3.53. The van der Waals surface area contributed by atoms with E-state index in [9.17, 15) is 23.9 Å². The molecule has 2 amide bonds. The van der Waals surface area contributed by atoms with E-state index in [4.69, 9.17) is 24.0 Å². The molecular weight excluding hydrogens is 756 g/mol. The van der Waals surface area contributed by atoms with Gasteiger partial charge in [0.2, 0.25) is 5.88 Å². The van der Waals surface area contributed by atoms with Gasteiger partial charge in [0.1, 0.15) is 46.1 Å². The summed E-state index contributed by atoms with van der Waals surface area (Å²) < 4.78 is 54.9. The molecular formula is C41H39F2N7O8. The van der Waals surface area contributed by atoms with E-state index in [1.165, 1.54) is 53.7 Å². The highest BCUT2D eigenvalue weighted by atomic mass is 19.1. The summed E-state index contributed by atoms with van der Waals surface area (Å²) in [7, 11) is 1.57. The van der Waals surface area contributed by atoms with Crippen LogP contribution in [0.15, 0.2) is 96.1 Å². The van der Waals surface area contributed by atoms with E-state index in [1.807, 2.05) is 24.3 Å². The van der Waals surface area contributed by atoms with Gasteiger partial charge in [-0.15, -0.1) is 5.10 Å². The van der Waals surface area contributed by atoms with Crippen molar-refractivity contribution < 1.29 is 42.4 Å². The number of rotatable bonds is 10. The van der Waals surface area contributed by atoms with Gasteiger partial charge >= 0.3 is 6.09 Å². The summed E-state index contributed by atoms with van der Waals surface area (Å²) in [6, 6.07) is 18.8. The third-order valence-corrected chi connectivity index (χ3v) is 9.06. The monoisotopic (exact) mass is 795 g/mol. The number of carbonyl (C=O) groups excluding carboxylic acids is 2. The Kier molecular flexibility index (Phi) is 11.1. The number of β-amino-alcohol motifs (C(OH)–C–C–N with tert-alkyl or cyclic N) is 1. The lowest BCUT2D eigenvalue weighted by Crippen LogP contribution is -2.52. The van der Waals surface area contributed by atoms with Gasteiger partial charge in [0, 0.05) is 43.2 Å². The van der Waals surface area contributed by atoms with Crippen LogP contribution in [0.4, 0.5) is 19.3 Å². The lowest BCUT2D eigenvalue weighted by molar-refractivity contribution is -0.0384. The van der Waals surface area contributed by atoms with Crippen LogP contribution < -0.4 is 25.1 Å². The van der Waals surface area contributed by atoms with E-state index < -0.39 is 47.0 Å². The van der Waals surface area contributed by atoms with Crippen LogP contribution >= 0.6 is 0 Å². The molecule has 15 nitrogen and oxygen atoms in total. The van der Waals surface area contributed by atoms with Gasteiger partial charge in [-0.25, -0.2) is 23.2 Å². The number of methoxy groups -OCH3 is 1. The molecule has 2 N–H and O–H groups in total. The number of ether oxygens (including phenoxy) is 4. The third kappa shape index (κ3) is 8.73. The van der Waals surface area contributed by atoms with Crippen molar-refractivity contribution in [3.63, 3.8) is 0 Å². The SMILES string of the molecule is COc1ccc(Cn2nc(OC3CCN(C(=O)OC(C)(C)C)CC3O)c3c(Oc4ccc(NC(=O)c5ccnn(-c6ccc(F)cc6)c5=O)cc4F)ccnc32)cc1. The molecule has 1 fully saturated rings. The van der Waals surface area contributed by atoms with Gasteiger partial charge in [0.25, 0.3) is 11.5 Å². The predicted molar refractivity (Wildman–Crippen MR) is 207 cm³/mol. The minimum atomic E-state index is -1.10. The number of anilines is 1. The number of halogens is 2. The van der Waals surface area contributed by atoms with Crippen molar-refractivity contribution in [3.05, 3.63) is 124 Å². The Morgan fingerprint density at radius 2 is 1.72 bits per heavy atom. The number of likely N-dealkylation sites (tertiary alicyclic amines) is 1. The quantitative estimate of drug-likeness (QED) is 0.164. The molecule has 7 rings (SSSR count). The number of fused-ring (bicyclic) bond motifs is 1. The number of hydrogen-bond acceptors (Lipinski definition) is 11. The van der Waals surface area contributed by atoms with E-state index in [0.717, 1.165) is 28.4 Å². The molecule has 3 aromatic carbocycles. The largest absolute Gasteiger partial charge is 0.497 e. The number of aliphatic hydroxyl groups excluding tert-OH is 1. The molecule has 17 heteroatoms. The Labute approximate surface area is 330 Å². The Morgan fingerprint density at radius 1 is 0.966 bits per heavy atom. The van der Waals surface area contributed by atoms with Crippen molar-refractivity contribution in [2.24, 2.45) is 0 Å². The molecule has 0 radical (unpaired) electrons. The maximum Gasteiger partial charge on any atom is 0.410 e. The van der Waals surface area contributed by atoms with Gasteiger partial charge < -0.3 is 34.3 Å². The van der Waals surface area contributed by atoms with Crippen LogP contribution in [0.3, 0.4) is 0 Å². The zero-order valence-electron chi connectivity index (χ0n) is 31.9. The zero-order chi connectivity index (χ0) is 41.1. The highest BCUT2D eigenvalue weighted by Crippen LogP contribution is 2.38. The molecule has 58 heavy (non-hydrogen) atoms. The van der Waals surface area contributed by atoms with Crippen LogP contribution in [0.1, 0.15) is 43.1 Å². The maximum atomic E-state index is 15.7. The molecule has 0 saturated carbocycles. The fourth-order valence-electron chi connectivity index (χ4n) is 6.23. The summed E-state index contributed by atoms with van der Waals surface area (Å²) >= 11 is 0. The summed E-state index contributed by atoms with van der Waals surface area (Å²) in [6.07, 6.45) is 0.556. The summed E-state index contributed by atoms with van der Waals surface area (Å²) in [4.78, 5) is 44.9. The van der Waals surface area contributed by atoms with Crippen LogP contribution in [0.5, 0.6) is 23.1 Å². The average molecular weight is 796 g/mol. The molecule has 0 aliphatic carbocycles. The van der Waals surface area contributed by atoms with Gasteiger partial charge in [0.15, 0.2) is 17.2 Å². The Balaban J connectivity index is 1.14. The van der Waals surface area contributed by atoms with Crippen LogP contribution in [0, 0.1) is 11.6 Å². The van der Waals surface area contributed by atoms with Crippen molar-refractivity contribution >= 4 is 28.7 Å². The standard InChI is InChI=1S/C41H39F2N7O8/c1-41(2,3)58-40(54)48-20-17-33(31(51)23-48)57-38-35-34(16-18-44-36(35)49(47-38)22-24-5-12-28(55-4)13-6-24)56-32-14-9-26(21-30(32)43)46-37(52)29-15-19-45-50(39(29)53)27-10-7-25(42)8-11-27/h5-16,18-19,21,31,33,51H,17,20,22-23H2,1-4H3,(H,46,52). The minimum Gasteiger partial charge on any atom is -0.497 e. The normalized spacial score (nSPS) is 15.5. The highest BCUT2D eigenvalue weighted by molar-refractivity contribution is 6.04. The molecule has 1 aliphatic rings. The summed E-state index contributed by atoms with van der Waals surface area (Å²) in [5.74, 6) is -1.52. The first-order valence-corrected chi connectivity index (χ1v) is 18.2. The van der Waals surface area contributed by atoms with Crippen LogP contribution in [0.25, 0.3) is 16.7 Å². The highest BCUT2D eigenvalue weighted by Gasteiger charge is 2.35. The van der Waals surface area contributed by atoms with Gasteiger partial charge in [-0.2, -0.15) is 9.78 Å². The molecule has 2 atom stereocenters. The topological polar surface area (TPSA) is 172 Å². The zero-order valence-corrected chi connectivity index (χ0v) is 31.9. The number of hydrogen-bond donors (Lipinski definition) is 2. The second kappa shape index (κ2) is 16.3. The lowest BCUT2D eigenvalue weighted by Gasteiger charge is -2.36. The van der Waals surface area contributed by atoms with Crippen LogP contribution in [-0.2, 0) is 11.3 Å². The number of pyridine rings is 1. The summed E-state index contributed by atoms with van der Waals surface area (Å²) in [6.45, 7) is 5.76. The maximum absolute atomic E-state index is 15.7. The van der Waals surface area contributed by atoms with Gasteiger partial charge in [-0.1, -0.05) is 12.1 Å². The fourth-order valence-corrected chi connectivity index (χ4v) is 6.23. The number of nitrogens with zero attached hydrogens (tertiary/aromatic N) is 6. The number of benzene rings is 3. The molecule has 0 bridgehead atoms. The Hall–Kier alpha value is -6.88. The number of carbonyl (C=O) groups is 2. The second-order valence-electron chi connectivity index (χ2n) is 14.4. The fraction of sp³-hybridized carbons (Fsp3) is 0.268. The van der Waals surface area contributed by atoms with E-state index in [2.05, 4.69) is 15.4 Å². The number of aromatic nitrogens is 5. The van der Waals surface area contributed by atoms with Gasteiger partial charge in [-0.3, -0.25) is 9.59 Å². The summed E-state index contributed by atoms with van der Waals surface area (Å²) in [5, 5.41) is 22.6. The Bertz CT molecular complexity index is 2520. The first-order chi connectivity index (χ1) is 27.8. The number of piperidine rings is 1. The molecule has 1 saturated heterocycles. The van der Waals surface area contributed by atoms with Crippen molar-refractivity contribution in [1.82, 2.24) is 29.4 Å². The lowest BCUT2D eigenvalue weighted by atomic mass is 10.1. The number of nitrogens with one attached hydrogen (secondary N) is 1. The second-order valence-corrected chi connectivity index (χ2v) is 14.4. The minimum absolute atomic E-state index is 0.0299. The van der Waals surface area contributed by atoms with Gasteiger partial charge in [-0.05, 0) is 80.9 Å². The third-order valence-electron chi connectivity index (χ3n) is 9.06.